The Balaban J connectivity index is 1.98. The highest BCUT2D eigenvalue weighted by Gasteiger charge is 2.19. The second-order valence-corrected chi connectivity index (χ2v) is 5.53. The number of hydrogen-bond donors (Lipinski definition) is 2. The Hall–Kier alpha value is -2.44. The molecule has 0 unspecified atom stereocenters. The second-order valence-electron chi connectivity index (χ2n) is 5.53. The van der Waals surface area contributed by atoms with Crippen LogP contribution in [0.5, 0.6) is 0 Å². The van der Waals surface area contributed by atoms with E-state index in [1.165, 1.54) is 17.0 Å². The van der Waals surface area contributed by atoms with Gasteiger partial charge in [-0.2, -0.15) is 0 Å². The monoisotopic (exact) mass is 322 g/mol. The molecule has 1 saturated heterocycles. The Morgan fingerprint density at radius 3 is 2.65 bits per heavy atom. The van der Waals surface area contributed by atoms with Gasteiger partial charge in [0.05, 0.1) is 17.8 Å². The molecule has 0 aromatic heterocycles. The smallest absolute Gasteiger partial charge is 0.335 e. The van der Waals surface area contributed by atoms with Crippen molar-refractivity contribution in [2.24, 2.45) is 0 Å². The first kappa shape index (κ1) is 16.9. The summed E-state index contributed by atoms with van der Waals surface area (Å²) in [5.41, 5.74) is -0.293. The molecule has 1 heterocycles. The molecule has 1 fully saturated rings. The molecule has 0 radical (unpaired) electrons. The lowest BCUT2D eigenvalue weighted by Crippen LogP contribution is -2.39. The highest BCUT2D eigenvalue weighted by atomic mass is 19.1. The van der Waals surface area contributed by atoms with E-state index >= 15 is 0 Å². The van der Waals surface area contributed by atoms with Crippen LogP contribution in [0.3, 0.4) is 0 Å². The molecule has 0 bridgehead atoms. The fourth-order valence-corrected chi connectivity index (χ4v) is 2.50. The van der Waals surface area contributed by atoms with Crippen LogP contribution in [-0.2, 0) is 9.59 Å². The molecule has 1 aliphatic heterocycles. The zero-order valence-corrected chi connectivity index (χ0v) is 12.7. The lowest BCUT2D eigenvalue weighted by atomic mass is 10.1. The summed E-state index contributed by atoms with van der Waals surface area (Å²) in [5.74, 6) is -2.63. The van der Waals surface area contributed by atoms with Gasteiger partial charge in [-0.1, -0.05) is 12.8 Å². The van der Waals surface area contributed by atoms with Crippen molar-refractivity contribution in [1.29, 1.82) is 0 Å². The maximum Gasteiger partial charge on any atom is 0.335 e. The van der Waals surface area contributed by atoms with E-state index in [2.05, 4.69) is 5.32 Å². The molecule has 1 aliphatic rings. The van der Waals surface area contributed by atoms with E-state index in [4.69, 9.17) is 5.11 Å². The fraction of sp³-hybridized carbons (Fsp3) is 0.438. The minimum absolute atomic E-state index is 0.0680. The number of rotatable bonds is 4. The van der Waals surface area contributed by atoms with Crippen LogP contribution in [0.25, 0.3) is 0 Å². The Morgan fingerprint density at radius 1 is 1.22 bits per heavy atom. The van der Waals surface area contributed by atoms with Crippen LogP contribution in [0.1, 0.15) is 42.5 Å². The van der Waals surface area contributed by atoms with E-state index in [9.17, 15) is 18.8 Å². The molecule has 0 saturated carbocycles. The summed E-state index contributed by atoms with van der Waals surface area (Å²) in [4.78, 5) is 36.2. The molecule has 0 atom stereocenters. The molecule has 124 valence electrons. The number of nitrogens with zero attached hydrogens (tertiary/aromatic N) is 1. The largest absolute Gasteiger partial charge is 0.478 e. The number of anilines is 1. The predicted octanol–water partition coefficient (Wildman–Crippen LogP) is 2.26. The lowest BCUT2D eigenvalue weighted by molar-refractivity contribution is -0.135. The summed E-state index contributed by atoms with van der Waals surface area (Å²) in [6, 6.07) is 3.26. The topological polar surface area (TPSA) is 86.7 Å². The highest BCUT2D eigenvalue weighted by Crippen LogP contribution is 2.16. The van der Waals surface area contributed by atoms with Crippen molar-refractivity contribution in [2.45, 2.75) is 32.1 Å². The molecule has 0 aliphatic carbocycles. The van der Waals surface area contributed by atoms with E-state index < -0.39 is 17.7 Å². The van der Waals surface area contributed by atoms with Crippen LogP contribution >= 0.6 is 0 Å². The molecule has 2 N–H and O–H groups in total. The van der Waals surface area contributed by atoms with Crippen LogP contribution in [0.4, 0.5) is 10.1 Å². The van der Waals surface area contributed by atoms with Gasteiger partial charge in [0.25, 0.3) is 0 Å². The number of nitrogens with one attached hydrogen (secondary N) is 1. The zero-order chi connectivity index (χ0) is 16.8. The number of aromatic carboxylic acids is 1. The first-order valence-electron chi connectivity index (χ1n) is 7.58. The van der Waals surface area contributed by atoms with Crippen LogP contribution < -0.4 is 5.32 Å². The third kappa shape index (κ3) is 4.77. The standard InChI is InChI=1S/C16H19FN2O4/c17-12-9-11(16(22)23)6-7-13(12)18-14(20)10-19-8-4-2-1-3-5-15(19)21/h6-7,9H,1-5,8,10H2,(H,18,20)(H,22,23). The highest BCUT2D eigenvalue weighted by molar-refractivity contribution is 5.95. The number of carbonyl (C=O) groups is 3. The van der Waals surface area contributed by atoms with Crippen molar-refractivity contribution in [3.05, 3.63) is 29.6 Å². The van der Waals surface area contributed by atoms with Gasteiger partial charge in [-0.25, -0.2) is 9.18 Å². The van der Waals surface area contributed by atoms with Crippen molar-refractivity contribution in [1.82, 2.24) is 4.90 Å². The van der Waals surface area contributed by atoms with E-state index in [-0.39, 0.29) is 23.7 Å². The minimum atomic E-state index is -1.24. The maximum atomic E-state index is 13.8. The van der Waals surface area contributed by atoms with Crippen LogP contribution in [0.2, 0.25) is 0 Å². The third-order valence-corrected chi connectivity index (χ3v) is 3.75. The number of carboxylic acids is 1. The van der Waals surface area contributed by atoms with Crippen molar-refractivity contribution in [2.75, 3.05) is 18.4 Å². The van der Waals surface area contributed by atoms with Gasteiger partial charge < -0.3 is 15.3 Å². The Bertz CT molecular complexity index is 618. The van der Waals surface area contributed by atoms with E-state index in [1.54, 1.807) is 0 Å². The summed E-state index contributed by atoms with van der Waals surface area (Å²) in [6.45, 7) is 0.394. The van der Waals surface area contributed by atoms with Gasteiger partial charge in [0, 0.05) is 13.0 Å². The number of carbonyl (C=O) groups excluding carboxylic acids is 2. The van der Waals surface area contributed by atoms with Crippen LogP contribution in [0.15, 0.2) is 18.2 Å². The molecule has 7 heteroatoms. The molecule has 23 heavy (non-hydrogen) atoms. The Kier molecular flexibility index (Phi) is 5.67. The van der Waals surface area contributed by atoms with Gasteiger partial charge >= 0.3 is 5.97 Å². The number of benzene rings is 1. The van der Waals surface area contributed by atoms with Gasteiger partial charge in [0.15, 0.2) is 0 Å². The van der Waals surface area contributed by atoms with Crippen molar-refractivity contribution >= 4 is 23.5 Å². The summed E-state index contributed by atoms with van der Waals surface area (Å²) in [7, 11) is 0. The zero-order valence-electron chi connectivity index (χ0n) is 12.7. The average Bonchev–Trinajstić information content (AvgIpc) is 2.49. The first-order chi connectivity index (χ1) is 11.0. The molecular formula is C16H19FN2O4. The number of carboxylic acid groups (broad SMARTS) is 1. The second kappa shape index (κ2) is 7.71. The van der Waals surface area contributed by atoms with Crippen molar-refractivity contribution in [3.63, 3.8) is 0 Å². The molecule has 2 rings (SSSR count). The summed E-state index contributed by atoms with van der Waals surface area (Å²) < 4.78 is 13.8. The first-order valence-corrected chi connectivity index (χ1v) is 7.58. The predicted molar refractivity (Wildman–Crippen MR) is 81.7 cm³/mol. The summed E-state index contributed by atoms with van der Waals surface area (Å²) >= 11 is 0. The molecule has 1 aromatic carbocycles. The van der Waals surface area contributed by atoms with Gasteiger partial charge in [-0.15, -0.1) is 0 Å². The lowest BCUT2D eigenvalue weighted by Gasteiger charge is -2.24. The summed E-state index contributed by atoms with van der Waals surface area (Å²) in [5, 5.41) is 11.2. The minimum Gasteiger partial charge on any atom is -0.478 e. The molecule has 0 spiro atoms. The molecule has 6 nitrogen and oxygen atoms in total. The van der Waals surface area contributed by atoms with E-state index in [1.807, 2.05) is 0 Å². The summed E-state index contributed by atoms with van der Waals surface area (Å²) in [6.07, 6.45) is 4.14. The number of halogens is 1. The van der Waals surface area contributed by atoms with Gasteiger partial charge in [0.1, 0.15) is 5.82 Å². The number of likely N-dealkylation sites (tertiary alicyclic amines) is 1. The van der Waals surface area contributed by atoms with Crippen molar-refractivity contribution < 1.29 is 23.9 Å². The van der Waals surface area contributed by atoms with Gasteiger partial charge in [-0.3, -0.25) is 9.59 Å². The number of amides is 2. The maximum absolute atomic E-state index is 13.8. The molecular weight excluding hydrogens is 303 g/mol. The SMILES string of the molecule is O=C(CN1CCCCCCC1=O)Nc1ccc(C(=O)O)cc1F. The van der Waals surface area contributed by atoms with Gasteiger partial charge in [0.2, 0.25) is 11.8 Å². The van der Waals surface area contributed by atoms with E-state index in [0.29, 0.717) is 13.0 Å². The fourth-order valence-electron chi connectivity index (χ4n) is 2.50. The Labute approximate surface area is 133 Å². The van der Waals surface area contributed by atoms with Gasteiger partial charge in [-0.05, 0) is 31.0 Å². The normalized spacial score (nSPS) is 15.7. The quantitative estimate of drug-likeness (QED) is 0.890. The van der Waals surface area contributed by atoms with Crippen LogP contribution in [-0.4, -0.2) is 40.9 Å². The molecule has 1 aromatic rings. The number of hydrogen-bond acceptors (Lipinski definition) is 3. The average molecular weight is 322 g/mol. The molecule has 2 amide bonds. The van der Waals surface area contributed by atoms with E-state index in [0.717, 1.165) is 31.7 Å². The Morgan fingerprint density at radius 2 is 1.96 bits per heavy atom. The van der Waals surface area contributed by atoms with Crippen LogP contribution in [0, 0.1) is 5.82 Å². The van der Waals surface area contributed by atoms with Crippen molar-refractivity contribution in [3.8, 4) is 0 Å². The third-order valence-electron chi connectivity index (χ3n) is 3.75.